The lowest BCUT2D eigenvalue weighted by atomic mass is 10.2. The Balaban J connectivity index is 1.70. The minimum atomic E-state index is -0.602. The number of benzene rings is 1. The van der Waals surface area contributed by atoms with Crippen molar-refractivity contribution in [3.63, 3.8) is 0 Å². The van der Waals surface area contributed by atoms with Gasteiger partial charge < -0.3 is 19.2 Å². The predicted octanol–water partition coefficient (Wildman–Crippen LogP) is 4.05. The highest BCUT2D eigenvalue weighted by atomic mass is 35.5. The lowest BCUT2D eigenvalue weighted by molar-refractivity contribution is -0.0431. The van der Waals surface area contributed by atoms with Crippen molar-refractivity contribution in [3.05, 3.63) is 41.3 Å². The maximum atomic E-state index is 5.72. The lowest BCUT2D eigenvalue weighted by Crippen LogP contribution is -2.29. The summed E-state index contributed by atoms with van der Waals surface area (Å²) in [6.45, 7) is 4.33. The van der Waals surface area contributed by atoms with Crippen LogP contribution in [0.25, 0.3) is 0 Å². The lowest BCUT2D eigenvalue weighted by Gasteiger charge is -2.16. The Morgan fingerprint density at radius 1 is 1.11 bits per heavy atom. The fourth-order valence-electron chi connectivity index (χ4n) is 1.97. The second-order valence-corrected chi connectivity index (χ2v) is 5.20. The molecule has 1 aromatic heterocycles. The van der Waals surface area contributed by atoms with Gasteiger partial charge in [-0.05, 0) is 35.9 Å². The quantitative estimate of drug-likeness (QED) is 0.920. The second kappa shape index (κ2) is 4.38. The molecule has 3 rings (SSSR count). The number of anilines is 1. The third kappa shape index (κ3) is 2.63. The topological polar surface area (TPSA) is 43.6 Å². The number of fused-ring (bicyclic) bond motifs is 1. The van der Waals surface area contributed by atoms with Crippen molar-refractivity contribution >= 4 is 17.3 Å². The average molecular weight is 280 g/mol. The number of furan rings is 1. The van der Waals surface area contributed by atoms with Crippen molar-refractivity contribution in [2.75, 3.05) is 5.32 Å². The Bertz CT molecular complexity index is 606. The Labute approximate surface area is 116 Å². The first kappa shape index (κ1) is 12.2. The minimum absolute atomic E-state index is 0.393. The average Bonchev–Trinajstić information content (AvgIpc) is 2.87. The molecule has 1 N–H and O–H groups in total. The number of rotatable bonds is 3. The molecule has 0 radical (unpaired) electrons. The molecule has 0 fully saturated rings. The summed E-state index contributed by atoms with van der Waals surface area (Å²) in [6, 6.07) is 9.30. The first-order chi connectivity index (χ1) is 9.02. The normalized spacial score (nSPS) is 15.5. The summed E-state index contributed by atoms with van der Waals surface area (Å²) in [6.07, 6.45) is 0. The van der Waals surface area contributed by atoms with Crippen LogP contribution in [0.4, 0.5) is 5.69 Å². The van der Waals surface area contributed by atoms with Gasteiger partial charge in [0, 0.05) is 25.6 Å². The molecular weight excluding hydrogens is 266 g/mol. The van der Waals surface area contributed by atoms with Gasteiger partial charge in [-0.2, -0.15) is 0 Å². The van der Waals surface area contributed by atoms with Gasteiger partial charge in [0.05, 0.1) is 6.54 Å². The number of halogens is 1. The third-order valence-electron chi connectivity index (χ3n) is 2.75. The summed E-state index contributed by atoms with van der Waals surface area (Å²) in [5, 5.41) is 3.64. The first-order valence-electron chi connectivity index (χ1n) is 6.02. The highest BCUT2D eigenvalue weighted by Gasteiger charge is 2.31. The van der Waals surface area contributed by atoms with Crippen LogP contribution in [0, 0.1) is 0 Å². The molecule has 0 saturated heterocycles. The van der Waals surface area contributed by atoms with Crippen molar-refractivity contribution in [2.24, 2.45) is 0 Å². The molecule has 1 aliphatic heterocycles. The summed E-state index contributed by atoms with van der Waals surface area (Å²) in [5.74, 6) is 1.68. The van der Waals surface area contributed by atoms with E-state index >= 15 is 0 Å². The van der Waals surface area contributed by atoms with Crippen molar-refractivity contribution in [1.29, 1.82) is 0 Å². The molecule has 100 valence electrons. The Kier molecular flexibility index (Phi) is 2.82. The largest absolute Gasteiger partial charge is 0.449 e. The van der Waals surface area contributed by atoms with Gasteiger partial charge in [-0.3, -0.25) is 0 Å². The Morgan fingerprint density at radius 3 is 2.63 bits per heavy atom. The monoisotopic (exact) mass is 279 g/mol. The molecule has 1 aliphatic rings. The molecular formula is C14H14ClNO3. The highest BCUT2D eigenvalue weighted by molar-refractivity contribution is 6.28. The molecule has 0 saturated carbocycles. The van der Waals surface area contributed by atoms with Crippen molar-refractivity contribution in [3.8, 4) is 11.5 Å². The molecule has 5 heteroatoms. The van der Waals surface area contributed by atoms with E-state index in [9.17, 15) is 0 Å². The summed E-state index contributed by atoms with van der Waals surface area (Å²) >= 11 is 5.72. The van der Waals surface area contributed by atoms with Crippen LogP contribution >= 0.6 is 11.6 Å². The van der Waals surface area contributed by atoms with Crippen LogP contribution in [0.15, 0.2) is 34.7 Å². The Hall–Kier alpha value is -1.81. The fraction of sp³-hybridized carbons (Fsp3) is 0.286. The zero-order valence-corrected chi connectivity index (χ0v) is 11.5. The van der Waals surface area contributed by atoms with E-state index in [4.69, 9.17) is 25.5 Å². The number of hydrogen-bond donors (Lipinski definition) is 1. The highest BCUT2D eigenvalue weighted by Crippen LogP contribution is 2.40. The summed E-state index contributed by atoms with van der Waals surface area (Å²) < 4.78 is 16.6. The second-order valence-electron chi connectivity index (χ2n) is 4.82. The van der Waals surface area contributed by atoms with E-state index in [1.165, 1.54) is 0 Å². The number of nitrogens with one attached hydrogen (secondary N) is 1. The van der Waals surface area contributed by atoms with Gasteiger partial charge in [-0.25, -0.2) is 0 Å². The molecule has 19 heavy (non-hydrogen) atoms. The SMILES string of the molecule is CC1(C)Oc2ccc(NCc3ccc(Cl)o3)cc2O1. The van der Waals surface area contributed by atoms with Crippen LogP contribution in [-0.2, 0) is 6.54 Å². The van der Waals surface area contributed by atoms with Crippen molar-refractivity contribution in [1.82, 2.24) is 0 Å². The van der Waals surface area contributed by atoms with Gasteiger partial charge in [0.15, 0.2) is 16.7 Å². The molecule has 0 bridgehead atoms. The zero-order chi connectivity index (χ0) is 13.5. The van der Waals surface area contributed by atoms with Crippen molar-refractivity contribution in [2.45, 2.75) is 26.2 Å². The molecule has 0 spiro atoms. The van der Waals surface area contributed by atoms with Crippen LogP contribution in [0.5, 0.6) is 11.5 Å². The molecule has 2 aromatic rings. The van der Waals surface area contributed by atoms with Gasteiger partial charge in [-0.1, -0.05) is 0 Å². The molecule has 0 amide bonds. The van der Waals surface area contributed by atoms with E-state index in [2.05, 4.69) is 5.32 Å². The van der Waals surface area contributed by atoms with Crippen LogP contribution in [0.3, 0.4) is 0 Å². The number of ether oxygens (including phenoxy) is 2. The standard InChI is InChI=1S/C14H14ClNO3/c1-14(2)18-11-5-3-9(7-12(11)19-14)16-8-10-4-6-13(15)17-10/h3-7,16H,8H2,1-2H3. The van der Waals surface area contributed by atoms with Crippen LogP contribution in [0.1, 0.15) is 19.6 Å². The zero-order valence-electron chi connectivity index (χ0n) is 10.7. The van der Waals surface area contributed by atoms with Gasteiger partial charge in [0.25, 0.3) is 0 Å². The predicted molar refractivity (Wildman–Crippen MR) is 72.8 cm³/mol. The number of hydrogen-bond acceptors (Lipinski definition) is 4. The minimum Gasteiger partial charge on any atom is -0.449 e. The molecule has 0 aliphatic carbocycles. The molecule has 2 heterocycles. The van der Waals surface area contributed by atoms with E-state index in [1.807, 2.05) is 38.1 Å². The maximum Gasteiger partial charge on any atom is 0.246 e. The third-order valence-corrected chi connectivity index (χ3v) is 2.95. The molecule has 1 aromatic carbocycles. The fourth-order valence-corrected chi connectivity index (χ4v) is 2.13. The summed E-state index contributed by atoms with van der Waals surface area (Å²) in [7, 11) is 0. The maximum absolute atomic E-state index is 5.72. The van der Waals surface area contributed by atoms with E-state index in [-0.39, 0.29) is 0 Å². The van der Waals surface area contributed by atoms with Crippen LogP contribution < -0.4 is 14.8 Å². The van der Waals surface area contributed by atoms with E-state index in [1.54, 1.807) is 6.07 Å². The summed E-state index contributed by atoms with van der Waals surface area (Å²) in [4.78, 5) is 0. The van der Waals surface area contributed by atoms with E-state index in [0.717, 1.165) is 22.9 Å². The van der Waals surface area contributed by atoms with Gasteiger partial charge in [0.1, 0.15) is 5.76 Å². The van der Waals surface area contributed by atoms with Crippen LogP contribution in [0.2, 0.25) is 5.22 Å². The van der Waals surface area contributed by atoms with Crippen LogP contribution in [-0.4, -0.2) is 5.79 Å². The van der Waals surface area contributed by atoms with Gasteiger partial charge in [0.2, 0.25) is 5.79 Å². The molecule has 0 unspecified atom stereocenters. The molecule has 4 nitrogen and oxygen atoms in total. The summed E-state index contributed by atoms with van der Waals surface area (Å²) in [5.41, 5.74) is 0.938. The van der Waals surface area contributed by atoms with E-state index in [0.29, 0.717) is 11.8 Å². The van der Waals surface area contributed by atoms with E-state index < -0.39 is 5.79 Å². The first-order valence-corrected chi connectivity index (χ1v) is 6.40. The van der Waals surface area contributed by atoms with Gasteiger partial charge in [-0.15, -0.1) is 0 Å². The van der Waals surface area contributed by atoms with Gasteiger partial charge >= 0.3 is 0 Å². The Morgan fingerprint density at radius 2 is 1.89 bits per heavy atom. The molecule has 0 atom stereocenters. The smallest absolute Gasteiger partial charge is 0.246 e. The van der Waals surface area contributed by atoms with Crippen molar-refractivity contribution < 1.29 is 13.9 Å².